The van der Waals surface area contributed by atoms with Crippen molar-refractivity contribution >= 4 is 12.0 Å². The van der Waals surface area contributed by atoms with Crippen molar-refractivity contribution in [2.24, 2.45) is 5.92 Å². The van der Waals surface area contributed by atoms with Crippen LogP contribution in [0.1, 0.15) is 6.42 Å². The van der Waals surface area contributed by atoms with Crippen molar-refractivity contribution in [3.05, 3.63) is 24.0 Å². The summed E-state index contributed by atoms with van der Waals surface area (Å²) in [6.07, 6.45) is 3.56. The zero-order valence-electron chi connectivity index (χ0n) is 7.25. The Morgan fingerprint density at radius 3 is 2.93 bits per heavy atom. The third-order valence-corrected chi connectivity index (χ3v) is 2.64. The zero-order valence-corrected chi connectivity index (χ0v) is 7.25. The van der Waals surface area contributed by atoms with Crippen molar-refractivity contribution in [3.8, 4) is 0 Å². The topological polar surface area (TPSA) is 77.8 Å². The van der Waals surface area contributed by atoms with Crippen LogP contribution in [0, 0.1) is 5.92 Å². The molecule has 1 heterocycles. The number of carboxylic acid groups (broad SMARTS) is 1. The number of hydrogen-bond donors (Lipinski definition) is 2. The summed E-state index contributed by atoms with van der Waals surface area (Å²) in [6, 6.07) is -0.432. The molecule has 0 bridgehead atoms. The Bertz CT molecular complexity index is 358. The van der Waals surface area contributed by atoms with Crippen LogP contribution >= 0.6 is 0 Å². The number of aliphatic hydroxyl groups is 1. The van der Waals surface area contributed by atoms with Crippen LogP contribution in [0.5, 0.6) is 0 Å². The molecule has 0 aromatic rings. The summed E-state index contributed by atoms with van der Waals surface area (Å²) in [5.41, 5.74) is 0.183. The maximum absolute atomic E-state index is 11.5. The molecule has 0 spiro atoms. The lowest BCUT2D eigenvalue weighted by atomic mass is 9.99. The van der Waals surface area contributed by atoms with Crippen molar-refractivity contribution in [1.82, 2.24) is 4.90 Å². The van der Waals surface area contributed by atoms with Gasteiger partial charge >= 0.3 is 6.09 Å². The molecule has 0 radical (unpaired) electrons. The minimum atomic E-state index is -1.27. The van der Waals surface area contributed by atoms with Gasteiger partial charge in [0.05, 0.1) is 17.9 Å². The molecule has 2 amide bonds. The highest BCUT2D eigenvalue weighted by Crippen LogP contribution is 2.37. The molecule has 0 aromatic carbocycles. The number of carbonyl (C=O) groups is 2. The van der Waals surface area contributed by atoms with Gasteiger partial charge in [0.2, 0.25) is 0 Å². The predicted octanol–water partition coefficient (Wildman–Crippen LogP) is 0.893. The van der Waals surface area contributed by atoms with Gasteiger partial charge in [-0.2, -0.15) is 0 Å². The highest BCUT2D eigenvalue weighted by molar-refractivity contribution is 6.05. The lowest BCUT2D eigenvalue weighted by molar-refractivity contribution is -0.123. The van der Waals surface area contributed by atoms with E-state index in [0.717, 1.165) is 11.2 Å². The quantitative estimate of drug-likeness (QED) is 0.342. The molecule has 14 heavy (non-hydrogen) atoms. The maximum atomic E-state index is 11.5. The Labute approximate surface area is 79.9 Å². The van der Waals surface area contributed by atoms with Crippen LogP contribution in [0.15, 0.2) is 24.0 Å². The molecule has 0 saturated carbocycles. The number of nitrogens with zero attached hydrogens (tertiary/aromatic N) is 1. The van der Waals surface area contributed by atoms with Crippen LogP contribution in [-0.4, -0.2) is 33.2 Å². The second-order valence-electron chi connectivity index (χ2n) is 3.30. The summed E-state index contributed by atoms with van der Waals surface area (Å²) in [5.74, 6) is -0.817. The van der Waals surface area contributed by atoms with E-state index < -0.39 is 18.0 Å². The van der Waals surface area contributed by atoms with E-state index in [0.29, 0.717) is 6.42 Å². The molecule has 1 aliphatic heterocycles. The first-order chi connectivity index (χ1) is 6.66. The number of rotatable bonds is 0. The van der Waals surface area contributed by atoms with Gasteiger partial charge < -0.3 is 10.2 Å². The number of hydrogen-bond acceptors (Lipinski definition) is 3. The molecule has 5 heteroatoms. The predicted molar refractivity (Wildman–Crippen MR) is 46.6 cm³/mol. The molecule has 2 unspecified atom stereocenters. The zero-order chi connectivity index (χ0) is 10.3. The molecule has 2 N–H and O–H groups in total. The Hall–Kier alpha value is -1.78. The minimum Gasteiger partial charge on any atom is -0.515 e. The Balaban J connectivity index is 2.41. The van der Waals surface area contributed by atoms with E-state index in [-0.39, 0.29) is 11.5 Å². The average molecular weight is 195 g/mol. The SMILES string of the molecule is O=C(O)N1C(=O)C(=CO)C2CC=CC21. The molecule has 5 nitrogen and oxygen atoms in total. The van der Waals surface area contributed by atoms with E-state index >= 15 is 0 Å². The van der Waals surface area contributed by atoms with Gasteiger partial charge in [-0.3, -0.25) is 4.79 Å². The van der Waals surface area contributed by atoms with Crippen LogP contribution in [0.25, 0.3) is 0 Å². The first kappa shape index (κ1) is 8.80. The standard InChI is InChI=1S/C9H9NO4/c11-4-6-5-2-1-3-7(5)10(8(6)12)9(13)14/h1,3-5,7,11H,2H2,(H,13,14). The fraction of sp³-hybridized carbons (Fsp3) is 0.333. The summed E-state index contributed by atoms with van der Waals surface area (Å²) in [7, 11) is 0. The Morgan fingerprint density at radius 2 is 2.36 bits per heavy atom. The van der Waals surface area contributed by atoms with Crippen molar-refractivity contribution in [2.45, 2.75) is 12.5 Å². The minimum absolute atomic E-state index is 0.183. The summed E-state index contributed by atoms with van der Waals surface area (Å²) in [6.45, 7) is 0. The number of allylic oxidation sites excluding steroid dienone is 1. The van der Waals surface area contributed by atoms with Gasteiger partial charge in [0.1, 0.15) is 0 Å². The average Bonchev–Trinajstić information content (AvgIpc) is 2.62. The first-order valence-electron chi connectivity index (χ1n) is 4.24. The van der Waals surface area contributed by atoms with Gasteiger partial charge in [0.25, 0.3) is 5.91 Å². The van der Waals surface area contributed by atoms with Crippen LogP contribution in [0.3, 0.4) is 0 Å². The molecule has 1 saturated heterocycles. The van der Waals surface area contributed by atoms with E-state index in [1.165, 1.54) is 0 Å². The van der Waals surface area contributed by atoms with Crippen molar-refractivity contribution in [2.75, 3.05) is 0 Å². The number of likely N-dealkylation sites (tertiary alicyclic amines) is 1. The highest BCUT2D eigenvalue weighted by atomic mass is 16.4. The lowest BCUT2D eigenvalue weighted by Crippen LogP contribution is -2.37. The van der Waals surface area contributed by atoms with Gasteiger partial charge in [-0.1, -0.05) is 12.2 Å². The molecule has 1 fully saturated rings. The van der Waals surface area contributed by atoms with E-state index in [4.69, 9.17) is 10.2 Å². The first-order valence-corrected chi connectivity index (χ1v) is 4.24. The molecule has 2 rings (SSSR count). The fourth-order valence-corrected chi connectivity index (χ4v) is 2.01. The lowest BCUT2D eigenvalue weighted by Gasteiger charge is -2.15. The number of carbonyl (C=O) groups excluding carboxylic acids is 1. The van der Waals surface area contributed by atoms with Gasteiger partial charge in [-0.25, -0.2) is 9.69 Å². The molecular weight excluding hydrogens is 186 g/mol. The number of fused-ring (bicyclic) bond motifs is 1. The second-order valence-corrected chi connectivity index (χ2v) is 3.30. The monoisotopic (exact) mass is 195 g/mol. The molecular formula is C9H9NO4. The largest absolute Gasteiger partial charge is 0.515 e. The number of imide groups is 1. The van der Waals surface area contributed by atoms with Crippen molar-refractivity contribution < 1.29 is 19.8 Å². The highest BCUT2D eigenvalue weighted by Gasteiger charge is 2.47. The van der Waals surface area contributed by atoms with E-state index in [1.807, 2.05) is 6.08 Å². The molecule has 2 atom stereocenters. The molecule has 74 valence electrons. The van der Waals surface area contributed by atoms with Gasteiger partial charge in [-0.05, 0) is 6.42 Å². The Kier molecular flexibility index (Phi) is 1.80. The summed E-state index contributed by atoms with van der Waals surface area (Å²) in [5, 5.41) is 17.7. The Morgan fingerprint density at radius 1 is 1.64 bits per heavy atom. The van der Waals surface area contributed by atoms with Crippen LogP contribution in [0.2, 0.25) is 0 Å². The van der Waals surface area contributed by atoms with Gasteiger partial charge in [0, 0.05) is 5.92 Å². The normalized spacial score (nSPS) is 32.7. The second kappa shape index (κ2) is 2.87. The van der Waals surface area contributed by atoms with Gasteiger partial charge in [-0.15, -0.1) is 0 Å². The molecule has 2 aliphatic rings. The smallest absolute Gasteiger partial charge is 0.414 e. The van der Waals surface area contributed by atoms with Crippen LogP contribution in [-0.2, 0) is 4.79 Å². The number of amides is 2. The van der Waals surface area contributed by atoms with Crippen molar-refractivity contribution in [1.29, 1.82) is 0 Å². The van der Waals surface area contributed by atoms with E-state index in [9.17, 15) is 9.59 Å². The van der Waals surface area contributed by atoms with Crippen LogP contribution < -0.4 is 0 Å². The van der Waals surface area contributed by atoms with E-state index in [1.54, 1.807) is 6.08 Å². The van der Waals surface area contributed by atoms with Gasteiger partial charge in [0.15, 0.2) is 0 Å². The number of aliphatic hydroxyl groups excluding tert-OH is 1. The maximum Gasteiger partial charge on any atom is 0.414 e. The van der Waals surface area contributed by atoms with Crippen molar-refractivity contribution in [3.63, 3.8) is 0 Å². The molecule has 1 aliphatic carbocycles. The molecule has 0 aromatic heterocycles. The third-order valence-electron chi connectivity index (χ3n) is 2.64. The summed E-state index contributed by atoms with van der Waals surface area (Å²) >= 11 is 0. The summed E-state index contributed by atoms with van der Waals surface area (Å²) in [4.78, 5) is 23.0. The fourth-order valence-electron chi connectivity index (χ4n) is 2.01. The van der Waals surface area contributed by atoms with E-state index in [2.05, 4.69) is 0 Å². The van der Waals surface area contributed by atoms with Crippen LogP contribution in [0.4, 0.5) is 4.79 Å². The third kappa shape index (κ3) is 0.951. The summed E-state index contributed by atoms with van der Waals surface area (Å²) < 4.78 is 0.